The van der Waals surface area contributed by atoms with E-state index >= 15 is 0 Å². The molecule has 2 heterocycles. The van der Waals surface area contributed by atoms with Crippen molar-refractivity contribution in [3.8, 4) is 5.75 Å². The number of benzene rings is 2. The van der Waals surface area contributed by atoms with E-state index in [-0.39, 0.29) is 18.2 Å². The monoisotopic (exact) mass is 428 g/mol. The lowest BCUT2D eigenvalue weighted by molar-refractivity contribution is 0.262. The van der Waals surface area contributed by atoms with Crippen molar-refractivity contribution in [2.45, 2.75) is 26.9 Å². The van der Waals surface area contributed by atoms with E-state index in [0.29, 0.717) is 22.8 Å². The molecule has 2 N–H and O–H groups in total. The predicted molar refractivity (Wildman–Crippen MR) is 125 cm³/mol. The Bertz CT molecular complexity index is 1310. The van der Waals surface area contributed by atoms with Gasteiger partial charge in [0, 0.05) is 29.7 Å². The van der Waals surface area contributed by atoms with E-state index in [1.807, 2.05) is 43.3 Å². The highest BCUT2D eigenvalue weighted by Gasteiger charge is 2.07. The Labute approximate surface area is 185 Å². The van der Waals surface area contributed by atoms with E-state index in [0.717, 1.165) is 17.7 Å². The van der Waals surface area contributed by atoms with Crippen LogP contribution in [0.5, 0.6) is 5.75 Å². The molecule has 0 aliphatic carbocycles. The van der Waals surface area contributed by atoms with Gasteiger partial charge in [-0.3, -0.25) is 9.20 Å². The summed E-state index contributed by atoms with van der Waals surface area (Å²) < 4.78 is 7.33. The Kier molecular flexibility index (Phi) is 6.17. The SMILES string of the molecule is CCc1ccc(NC(=O)Nc2cccc(OCc3cc(=O)n4cccc(C)c4n3)c2)cc1. The largest absolute Gasteiger partial charge is 0.487 e. The molecule has 7 heteroatoms. The molecule has 0 aliphatic heterocycles. The number of amides is 2. The molecule has 7 nitrogen and oxygen atoms in total. The molecule has 0 saturated carbocycles. The van der Waals surface area contributed by atoms with Crippen LogP contribution in [0.1, 0.15) is 23.7 Å². The van der Waals surface area contributed by atoms with Gasteiger partial charge in [0.15, 0.2) is 0 Å². The predicted octanol–water partition coefficient (Wildman–Crippen LogP) is 4.79. The van der Waals surface area contributed by atoms with Gasteiger partial charge in [-0.25, -0.2) is 9.78 Å². The van der Waals surface area contributed by atoms with Crippen LogP contribution in [0.2, 0.25) is 0 Å². The lowest BCUT2D eigenvalue weighted by Gasteiger charge is -2.11. The Morgan fingerprint density at radius 2 is 1.78 bits per heavy atom. The number of rotatable bonds is 6. The maximum absolute atomic E-state index is 12.3. The zero-order chi connectivity index (χ0) is 22.5. The first-order valence-corrected chi connectivity index (χ1v) is 10.4. The van der Waals surface area contributed by atoms with Crippen LogP contribution in [0.15, 0.2) is 77.7 Å². The minimum Gasteiger partial charge on any atom is -0.487 e. The number of fused-ring (bicyclic) bond motifs is 1. The van der Waals surface area contributed by atoms with E-state index in [9.17, 15) is 9.59 Å². The van der Waals surface area contributed by atoms with E-state index in [1.54, 1.807) is 30.5 Å². The second kappa shape index (κ2) is 9.34. The number of anilines is 2. The van der Waals surface area contributed by atoms with Crippen molar-refractivity contribution < 1.29 is 9.53 Å². The molecular formula is C25H24N4O3. The van der Waals surface area contributed by atoms with E-state index < -0.39 is 0 Å². The Morgan fingerprint density at radius 1 is 1.00 bits per heavy atom. The van der Waals surface area contributed by atoms with Crippen LogP contribution in [-0.4, -0.2) is 15.4 Å². The molecule has 0 saturated heterocycles. The topological polar surface area (TPSA) is 84.7 Å². The fraction of sp³-hybridized carbons (Fsp3) is 0.160. The summed E-state index contributed by atoms with van der Waals surface area (Å²) in [5.74, 6) is 0.557. The number of nitrogens with zero attached hydrogens (tertiary/aromatic N) is 2. The first-order valence-electron chi connectivity index (χ1n) is 10.4. The molecule has 0 unspecified atom stereocenters. The van der Waals surface area contributed by atoms with E-state index in [1.165, 1.54) is 16.0 Å². The second-order valence-electron chi connectivity index (χ2n) is 7.42. The molecule has 0 radical (unpaired) electrons. The summed E-state index contributed by atoms with van der Waals surface area (Å²) in [6.45, 7) is 4.13. The number of carbonyl (C=O) groups excluding carboxylic acids is 1. The molecule has 0 spiro atoms. The summed E-state index contributed by atoms with van der Waals surface area (Å²) in [6.07, 6.45) is 2.64. The number of urea groups is 1. The second-order valence-corrected chi connectivity index (χ2v) is 7.42. The average molecular weight is 428 g/mol. The summed E-state index contributed by atoms with van der Waals surface area (Å²) >= 11 is 0. The highest BCUT2D eigenvalue weighted by atomic mass is 16.5. The Hall–Kier alpha value is -4.13. The minimum atomic E-state index is -0.342. The summed E-state index contributed by atoms with van der Waals surface area (Å²) in [4.78, 5) is 29.2. The fourth-order valence-electron chi connectivity index (χ4n) is 3.32. The van der Waals surface area contributed by atoms with Crippen LogP contribution < -0.4 is 20.9 Å². The number of carbonyl (C=O) groups is 1. The molecule has 32 heavy (non-hydrogen) atoms. The van der Waals surface area contributed by atoms with Crippen LogP contribution in [0.4, 0.5) is 16.2 Å². The number of ether oxygens (including phenoxy) is 1. The molecule has 0 bridgehead atoms. The van der Waals surface area contributed by atoms with E-state index in [2.05, 4.69) is 22.5 Å². The molecule has 2 aromatic carbocycles. The van der Waals surface area contributed by atoms with Crippen LogP contribution in [0, 0.1) is 6.92 Å². The highest BCUT2D eigenvalue weighted by Crippen LogP contribution is 2.19. The van der Waals surface area contributed by atoms with Crippen LogP contribution >= 0.6 is 0 Å². The highest BCUT2D eigenvalue weighted by molar-refractivity contribution is 5.99. The maximum Gasteiger partial charge on any atom is 0.323 e. The number of hydrogen-bond donors (Lipinski definition) is 2. The smallest absolute Gasteiger partial charge is 0.323 e. The quantitative estimate of drug-likeness (QED) is 0.463. The summed E-state index contributed by atoms with van der Waals surface area (Å²) in [5.41, 5.74) is 4.42. The van der Waals surface area contributed by atoms with Gasteiger partial charge in [-0.1, -0.05) is 31.2 Å². The van der Waals surface area contributed by atoms with Crippen molar-refractivity contribution in [2.24, 2.45) is 0 Å². The van der Waals surface area contributed by atoms with Crippen molar-refractivity contribution in [3.63, 3.8) is 0 Å². The Balaban J connectivity index is 1.41. The standard InChI is InChI=1S/C25H24N4O3/c1-3-18-9-11-19(12-10-18)27-25(31)28-20-7-4-8-22(14-20)32-16-21-15-23(30)29-13-5-6-17(2)24(29)26-21/h4-15H,3,16H2,1-2H3,(H2,27,28,31). The van der Waals surface area contributed by atoms with Gasteiger partial charge in [0.1, 0.15) is 18.0 Å². The summed E-state index contributed by atoms with van der Waals surface area (Å²) in [7, 11) is 0. The van der Waals surface area contributed by atoms with Gasteiger partial charge in [-0.15, -0.1) is 0 Å². The molecule has 0 fully saturated rings. The molecule has 2 amide bonds. The number of aryl methyl sites for hydroxylation is 2. The minimum absolute atomic E-state index is 0.138. The van der Waals surface area contributed by atoms with Crippen molar-refractivity contribution in [2.75, 3.05) is 10.6 Å². The average Bonchev–Trinajstić information content (AvgIpc) is 2.79. The Morgan fingerprint density at radius 3 is 2.56 bits per heavy atom. The van der Waals surface area contributed by atoms with Crippen molar-refractivity contribution >= 4 is 23.1 Å². The molecule has 2 aromatic heterocycles. The number of hydrogen-bond acceptors (Lipinski definition) is 4. The lowest BCUT2D eigenvalue weighted by Crippen LogP contribution is -2.19. The summed E-state index contributed by atoms with van der Waals surface area (Å²) in [5, 5.41) is 5.61. The third kappa shape index (κ3) is 4.95. The molecular weight excluding hydrogens is 404 g/mol. The third-order valence-electron chi connectivity index (χ3n) is 5.04. The first kappa shape index (κ1) is 21.1. The number of aromatic nitrogens is 2. The van der Waals surface area contributed by atoms with Gasteiger partial charge in [-0.2, -0.15) is 0 Å². The third-order valence-corrected chi connectivity index (χ3v) is 5.04. The van der Waals surface area contributed by atoms with Crippen molar-refractivity contribution in [1.82, 2.24) is 9.38 Å². The van der Waals surface area contributed by atoms with Crippen molar-refractivity contribution in [1.29, 1.82) is 0 Å². The van der Waals surface area contributed by atoms with Gasteiger partial charge < -0.3 is 15.4 Å². The van der Waals surface area contributed by atoms with Crippen LogP contribution in [0.25, 0.3) is 5.65 Å². The summed E-state index contributed by atoms with van der Waals surface area (Å²) in [6, 6.07) is 19.6. The fourth-order valence-corrected chi connectivity index (χ4v) is 3.32. The van der Waals surface area contributed by atoms with Gasteiger partial charge in [0.05, 0.1) is 5.69 Å². The maximum atomic E-state index is 12.3. The van der Waals surface area contributed by atoms with E-state index in [4.69, 9.17) is 4.74 Å². The van der Waals surface area contributed by atoms with Gasteiger partial charge in [-0.05, 0) is 54.8 Å². The molecule has 0 atom stereocenters. The molecule has 4 aromatic rings. The molecule has 4 rings (SSSR count). The van der Waals surface area contributed by atoms with Gasteiger partial charge in [0.25, 0.3) is 5.56 Å². The number of pyridine rings is 1. The lowest BCUT2D eigenvalue weighted by atomic mass is 10.1. The van der Waals surface area contributed by atoms with Gasteiger partial charge in [0.2, 0.25) is 0 Å². The van der Waals surface area contributed by atoms with Crippen LogP contribution in [0.3, 0.4) is 0 Å². The first-order chi connectivity index (χ1) is 15.5. The molecule has 162 valence electrons. The van der Waals surface area contributed by atoms with Crippen molar-refractivity contribution in [3.05, 3.63) is 100 Å². The van der Waals surface area contributed by atoms with Gasteiger partial charge >= 0.3 is 6.03 Å². The zero-order valence-corrected chi connectivity index (χ0v) is 18.0. The van der Waals surface area contributed by atoms with Crippen LogP contribution in [-0.2, 0) is 13.0 Å². The molecule has 0 aliphatic rings. The normalized spacial score (nSPS) is 10.7. The zero-order valence-electron chi connectivity index (χ0n) is 18.0. The number of nitrogens with one attached hydrogen (secondary N) is 2.